The van der Waals surface area contributed by atoms with E-state index in [1.165, 1.54) is 55.9 Å². The Morgan fingerprint density at radius 1 is 1.16 bits per heavy atom. The highest BCUT2D eigenvalue weighted by molar-refractivity contribution is 7.98. The SMILES string of the molecule is [C-]#[N+]c1c(-c2ccc(C34CC5CC(CC(C5)C3)C4)cc2)c(C(=O)OCC)n(C)c1SC. The maximum absolute atomic E-state index is 12.8. The van der Waals surface area contributed by atoms with E-state index in [2.05, 4.69) is 29.1 Å². The first kappa shape index (κ1) is 20.7. The number of ether oxygens (including phenoxy) is 1. The van der Waals surface area contributed by atoms with Crippen molar-refractivity contribution in [3.63, 3.8) is 0 Å². The van der Waals surface area contributed by atoms with Crippen molar-refractivity contribution in [1.29, 1.82) is 0 Å². The fourth-order valence-electron chi connectivity index (χ4n) is 7.15. The Labute approximate surface area is 189 Å². The van der Waals surface area contributed by atoms with Crippen molar-refractivity contribution < 1.29 is 9.53 Å². The zero-order valence-electron chi connectivity index (χ0n) is 18.6. The number of esters is 1. The minimum Gasteiger partial charge on any atom is -0.461 e. The molecular formula is C26H30N2O2S. The van der Waals surface area contributed by atoms with Crippen molar-refractivity contribution in [1.82, 2.24) is 4.57 Å². The average Bonchev–Trinajstić information content (AvgIpc) is 3.04. The minimum atomic E-state index is -0.365. The number of carbonyl (C=O) groups excluding carboxylic acids is 1. The van der Waals surface area contributed by atoms with Gasteiger partial charge in [-0.25, -0.2) is 9.64 Å². The molecule has 4 bridgehead atoms. The second kappa shape index (κ2) is 7.74. The van der Waals surface area contributed by atoms with E-state index in [1.54, 1.807) is 0 Å². The molecule has 4 fully saturated rings. The molecule has 4 saturated carbocycles. The minimum absolute atomic E-state index is 0.316. The summed E-state index contributed by atoms with van der Waals surface area (Å²) >= 11 is 1.49. The number of hydrogen-bond acceptors (Lipinski definition) is 3. The van der Waals surface area contributed by atoms with Gasteiger partial charge in [0.05, 0.1) is 18.2 Å². The molecule has 0 atom stereocenters. The Morgan fingerprint density at radius 3 is 2.23 bits per heavy atom. The van der Waals surface area contributed by atoms with Crippen LogP contribution in [-0.4, -0.2) is 23.4 Å². The van der Waals surface area contributed by atoms with E-state index in [-0.39, 0.29) is 5.97 Å². The average molecular weight is 435 g/mol. The van der Waals surface area contributed by atoms with Crippen molar-refractivity contribution in [2.24, 2.45) is 24.8 Å². The maximum atomic E-state index is 12.8. The molecule has 4 nitrogen and oxygen atoms in total. The Morgan fingerprint density at radius 2 is 1.74 bits per heavy atom. The molecule has 2 aromatic rings. The molecule has 5 heteroatoms. The standard InChI is InChI=1S/C26H30N2O2S/c1-5-30-25(29)23-21(22(27-2)24(31-4)28(23)3)19-6-8-20(9-7-19)26-13-16-10-17(14-26)12-18(11-16)15-26/h6-9,16-18H,5,10-15H2,1,3-4H3. The number of hydrogen-bond donors (Lipinski definition) is 0. The van der Waals surface area contributed by atoms with Crippen LogP contribution in [0.25, 0.3) is 16.0 Å². The highest BCUT2D eigenvalue weighted by atomic mass is 32.2. The van der Waals surface area contributed by atoms with Crippen LogP contribution in [0.2, 0.25) is 0 Å². The Hall–Kier alpha value is -2.19. The molecule has 0 spiro atoms. The molecule has 4 aliphatic rings. The van der Waals surface area contributed by atoms with Gasteiger partial charge in [0.1, 0.15) is 5.69 Å². The van der Waals surface area contributed by atoms with E-state index >= 15 is 0 Å². The van der Waals surface area contributed by atoms with Gasteiger partial charge in [-0.1, -0.05) is 24.3 Å². The molecule has 0 unspecified atom stereocenters. The molecule has 1 aromatic carbocycles. The fraction of sp³-hybridized carbons (Fsp3) is 0.538. The van der Waals surface area contributed by atoms with Crippen LogP contribution in [0, 0.1) is 24.3 Å². The quantitative estimate of drug-likeness (QED) is 0.302. The summed E-state index contributed by atoms with van der Waals surface area (Å²) in [6.45, 7) is 9.92. The van der Waals surface area contributed by atoms with Crippen LogP contribution in [0.1, 0.15) is 61.5 Å². The van der Waals surface area contributed by atoms with E-state index in [0.717, 1.165) is 28.3 Å². The summed E-state index contributed by atoms with van der Waals surface area (Å²) in [5.74, 6) is 2.37. The van der Waals surface area contributed by atoms with Gasteiger partial charge in [-0.15, -0.1) is 11.8 Å². The summed E-state index contributed by atoms with van der Waals surface area (Å²) in [6, 6.07) is 8.81. The highest BCUT2D eigenvalue weighted by Crippen LogP contribution is 2.60. The molecule has 31 heavy (non-hydrogen) atoms. The van der Waals surface area contributed by atoms with Gasteiger partial charge >= 0.3 is 5.97 Å². The van der Waals surface area contributed by atoms with Gasteiger partial charge in [0, 0.05) is 12.6 Å². The summed E-state index contributed by atoms with van der Waals surface area (Å²) in [4.78, 5) is 16.6. The van der Waals surface area contributed by atoms with Gasteiger partial charge in [-0.3, -0.25) is 0 Å². The van der Waals surface area contributed by atoms with Crippen LogP contribution in [-0.2, 0) is 17.2 Å². The first-order valence-electron chi connectivity index (χ1n) is 11.4. The summed E-state index contributed by atoms with van der Waals surface area (Å²) in [5, 5.41) is 0.804. The smallest absolute Gasteiger partial charge is 0.354 e. The van der Waals surface area contributed by atoms with Gasteiger partial charge in [-0.2, -0.15) is 0 Å². The van der Waals surface area contributed by atoms with E-state index in [0.29, 0.717) is 29.0 Å². The third kappa shape index (κ3) is 3.22. The van der Waals surface area contributed by atoms with Crippen LogP contribution in [0.5, 0.6) is 0 Å². The normalized spacial score (nSPS) is 28.5. The van der Waals surface area contributed by atoms with Crippen molar-refractivity contribution in [3.8, 4) is 11.1 Å². The first-order valence-corrected chi connectivity index (χ1v) is 12.6. The third-order valence-corrected chi connectivity index (χ3v) is 8.77. The molecule has 162 valence electrons. The molecule has 4 aliphatic carbocycles. The van der Waals surface area contributed by atoms with E-state index < -0.39 is 0 Å². The molecule has 0 radical (unpaired) electrons. The second-order valence-corrected chi connectivity index (χ2v) is 10.5. The number of nitrogens with zero attached hydrogens (tertiary/aromatic N) is 2. The topological polar surface area (TPSA) is 35.6 Å². The second-order valence-electron chi connectivity index (χ2n) is 9.75. The summed E-state index contributed by atoms with van der Waals surface area (Å²) < 4.78 is 7.16. The lowest BCUT2D eigenvalue weighted by atomic mass is 9.48. The van der Waals surface area contributed by atoms with Crippen LogP contribution in [0.3, 0.4) is 0 Å². The van der Waals surface area contributed by atoms with Crippen molar-refractivity contribution in [2.75, 3.05) is 12.9 Å². The van der Waals surface area contributed by atoms with Crippen LogP contribution < -0.4 is 0 Å². The molecule has 0 saturated heterocycles. The number of thioether (sulfide) groups is 1. The summed E-state index contributed by atoms with van der Waals surface area (Å²) in [6.07, 6.45) is 10.3. The van der Waals surface area contributed by atoms with Gasteiger partial charge in [-0.05, 0) is 86.0 Å². The zero-order chi connectivity index (χ0) is 21.8. The lowest BCUT2D eigenvalue weighted by molar-refractivity contribution is -0.00518. The van der Waals surface area contributed by atoms with Gasteiger partial charge in [0.2, 0.25) is 5.69 Å². The lowest BCUT2D eigenvalue weighted by Crippen LogP contribution is -2.48. The Bertz CT molecular complexity index is 1030. The molecule has 0 N–H and O–H groups in total. The number of rotatable bonds is 5. The van der Waals surface area contributed by atoms with Crippen molar-refractivity contribution >= 4 is 23.4 Å². The summed E-state index contributed by atoms with van der Waals surface area (Å²) in [7, 11) is 1.85. The van der Waals surface area contributed by atoms with Crippen LogP contribution in [0.15, 0.2) is 29.3 Å². The van der Waals surface area contributed by atoms with E-state index in [4.69, 9.17) is 11.3 Å². The Kier molecular flexibility index (Phi) is 5.17. The lowest BCUT2D eigenvalue weighted by Gasteiger charge is -2.57. The molecule has 0 aliphatic heterocycles. The van der Waals surface area contributed by atoms with Crippen molar-refractivity contribution in [2.45, 2.75) is 55.9 Å². The van der Waals surface area contributed by atoms with Crippen molar-refractivity contribution in [3.05, 3.63) is 46.9 Å². The van der Waals surface area contributed by atoms with Crippen LogP contribution >= 0.6 is 11.8 Å². The van der Waals surface area contributed by atoms with Gasteiger partial charge in [0.15, 0.2) is 0 Å². The van der Waals surface area contributed by atoms with E-state index in [1.807, 2.05) is 24.8 Å². The first-order chi connectivity index (χ1) is 15.0. The molecule has 6 rings (SSSR count). The predicted molar refractivity (Wildman–Crippen MR) is 125 cm³/mol. The molecular weight excluding hydrogens is 404 g/mol. The van der Waals surface area contributed by atoms with Crippen LogP contribution in [0.4, 0.5) is 5.69 Å². The fourth-order valence-corrected chi connectivity index (χ4v) is 7.86. The van der Waals surface area contributed by atoms with E-state index in [9.17, 15) is 4.79 Å². The summed E-state index contributed by atoms with van der Waals surface area (Å²) in [5.41, 5.74) is 4.45. The zero-order valence-corrected chi connectivity index (χ0v) is 19.4. The molecule has 0 amide bonds. The number of carbonyl (C=O) groups is 1. The Balaban J connectivity index is 1.56. The molecule has 1 aromatic heterocycles. The van der Waals surface area contributed by atoms with Gasteiger partial charge < -0.3 is 9.30 Å². The predicted octanol–water partition coefficient (Wildman–Crippen LogP) is 6.61. The number of benzene rings is 1. The third-order valence-electron chi connectivity index (χ3n) is 7.91. The van der Waals surface area contributed by atoms with Gasteiger partial charge in [0.25, 0.3) is 0 Å². The monoisotopic (exact) mass is 434 g/mol. The largest absolute Gasteiger partial charge is 0.461 e. The number of aromatic nitrogens is 1. The highest BCUT2D eigenvalue weighted by Gasteiger charge is 2.51. The maximum Gasteiger partial charge on any atom is 0.354 e. The molecule has 1 heterocycles.